The summed E-state index contributed by atoms with van der Waals surface area (Å²) in [5.41, 5.74) is 23.8. The summed E-state index contributed by atoms with van der Waals surface area (Å²) in [4.78, 5) is 10.1. The van der Waals surface area contributed by atoms with Crippen LogP contribution in [0, 0.1) is 20.8 Å². The summed E-state index contributed by atoms with van der Waals surface area (Å²) in [6.07, 6.45) is 0. The van der Waals surface area contributed by atoms with Gasteiger partial charge in [0.15, 0.2) is 5.82 Å². The van der Waals surface area contributed by atoms with Crippen LogP contribution in [0.15, 0.2) is 255 Å². The van der Waals surface area contributed by atoms with Crippen LogP contribution in [-0.2, 0) is 0 Å². The first kappa shape index (κ1) is 45.3. The molecule has 0 aliphatic carbocycles. The van der Waals surface area contributed by atoms with Crippen LogP contribution < -0.4 is 0 Å². The zero-order chi connectivity index (χ0) is 52.0. The van der Waals surface area contributed by atoms with Gasteiger partial charge in [-0.3, -0.25) is 0 Å². The van der Waals surface area contributed by atoms with Gasteiger partial charge in [-0.25, -0.2) is 9.97 Å². The zero-order valence-corrected chi connectivity index (χ0v) is 43.5. The third-order valence-electron chi connectivity index (χ3n) is 15.8. The maximum atomic E-state index is 5.09. The number of hydrogen-bond donors (Lipinski definition) is 0. The number of benzene rings is 11. The monoisotopic (exact) mass is 997 g/mol. The maximum absolute atomic E-state index is 5.09. The Morgan fingerprint density at radius 3 is 1.09 bits per heavy atom. The molecule has 0 spiro atoms. The highest BCUT2D eigenvalue weighted by molar-refractivity contribution is 6.14. The van der Waals surface area contributed by atoms with Gasteiger partial charge in [0.1, 0.15) is 0 Å². The van der Waals surface area contributed by atoms with E-state index in [1.807, 2.05) is 6.07 Å². The summed E-state index contributed by atoms with van der Waals surface area (Å²) < 4.78 is 7.31. The maximum Gasteiger partial charge on any atom is 0.160 e. The molecule has 5 heteroatoms. The quantitative estimate of drug-likeness (QED) is 0.152. The lowest BCUT2D eigenvalue weighted by atomic mass is 9.98. The van der Waals surface area contributed by atoms with Gasteiger partial charge in [0.05, 0.1) is 44.5 Å². The Balaban J connectivity index is 0.794. The van der Waals surface area contributed by atoms with Crippen molar-refractivity contribution in [3.05, 3.63) is 271 Å². The second kappa shape index (κ2) is 18.0. The molecule has 0 bridgehead atoms. The fourth-order valence-electron chi connectivity index (χ4n) is 12.0. The van der Waals surface area contributed by atoms with Gasteiger partial charge in [-0.2, -0.15) is 0 Å². The van der Waals surface area contributed by atoms with Gasteiger partial charge >= 0.3 is 0 Å². The third-order valence-corrected chi connectivity index (χ3v) is 15.8. The molecule has 15 aromatic rings. The molecule has 5 nitrogen and oxygen atoms in total. The van der Waals surface area contributed by atoms with Crippen LogP contribution in [0.5, 0.6) is 0 Å². The Morgan fingerprint density at radius 1 is 0.231 bits per heavy atom. The highest BCUT2D eigenvalue weighted by Gasteiger charge is 2.20. The van der Waals surface area contributed by atoms with Crippen LogP contribution in [0.1, 0.15) is 16.7 Å². The van der Waals surface area contributed by atoms with Crippen LogP contribution in [0.25, 0.3) is 139 Å². The fourth-order valence-corrected chi connectivity index (χ4v) is 12.0. The SMILES string of the molecule is Cc1cccc(-c2nc(-c3ccccc3)cc(-c3ccc(-c4ccc(-c5ccc(-n6c7ccc(-n8c9ccccc9c9ccccc98)cc7c7cc(-n8c9ccc(C)cc9c9cc(C)ccc98)ccc76)cc5)cc4)cc3)n2)c1. The second-order valence-electron chi connectivity index (χ2n) is 20.9. The molecule has 11 aromatic carbocycles. The van der Waals surface area contributed by atoms with E-state index in [4.69, 9.17) is 9.97 Å². The van der Waals surface area contributed by atoms with Crippen LogP contribution >= 0.6 is 0 Å². The molecule has 0 saturated carbocycles. The fraction of sp³-hybridized carbons (Fsp3) is 0.0411. The van der Waals surface area contributed by atoms with Crippen molar-refractivity contribution in [3.8, 4) is 73.2 Å². The van der Waals surface area contributed by atoms with Gasteiger partial charge < -0.3 is 13.7 Å². The molecule has 0 atom stereocenters. The number of aryl methyl sites for hydroxylation is 3. The molecule has 0 N–H and O–H groups in total. The Morgan fingerprint density at radius 2 is 0.590 bits per heavy atom. The molecule has 0 aliphatic heterocycles. The van der Waals surface area contributed by atoms with Crippen molar-refractivity contribution in [2.24, 2.45) is 0 Å². The molecule has 0 fully saturated rings. The van der Waals surface area contributed by atoms with Crippen molar-refractivity contribution in [2.75, 3.05) is 0 Å². The minimum absolute atomic E-state index is 0.720. The minimum Gasteiger partial charge on any atom is -0.309 e. The summed E-state index contributed by atoms with van der Waals surface area (Å²) in [6, 6.07) is 92.8. The molecule has 0 unspecified atom stereocenters. The lowest BCUT2D eigenvalue weighted by Crippen LogP contribution is -1.96. The van der Waals surface area contributed by atoms with Crippen LogP contribution in [0.3, 0.4) is 0 Å². The van der Waals surface area contributed by atoms with E-state index < -0.39 is 0 Å². The molecule has 4 heterocycles. The molecule has 0 radical (unpaired) electrons. The lowest BCUT2D eigenvalue weighted by Gasteiger charge is -2.12. The number of nitrogens with zero attached hydrogens (tertiary/aromatic N) is 5. The standard InChI is InChI=1S/C73H51N5/c1-46-12-11-15-55(40-46)73-74-65(53-13-5-4-6-14-53)45-66(75-73)54-28-26-51(27-29-54)49-22-24-50(25-23-49)52-30-32-56(33-31-52)76-71-38-34-57(77-67-18-9-7-16-59(67)60-17-8-10-19-68(60)77)43-63(71)64-44-58(35-39-72(64)76)78-69-36-20-47(2)41-61(69)62-42-48(3)21-37-70(62)78/h4-45H,1-3H3. The van der Waals surface area contributed by atoms with E-state index in [9.17, 15) is 0 Å². The van der Waals surface area contributed by atoms with E-state index in [1.165, 1.54) is 76.6 Å². The van der Waals surface area contributed by atoms with E-state index in [0.717, 1.165) is 78.7 Å². The summed E-state index contributed by atoms with van der Waals surface area (Å²) in [5.74, 6) is 0.720. The van der Waals surface area contributed by atoms with Crippen molar-refractivity contribution >= 4 is 65.4 Å². The zero-order valence-electron chi connectivity index (χ0n) is 43.5. The average molecular weight is 998 g/mol. The van der Waals surface area contributed by atoms with Gasteiger partial charge in [0, 0.05) is 66.1 Å². The molecule has 0 saturated heterocycles. The van der Waals surface area contributed by atoms with Crippen LogP contribution in [0.2, 0.25) is 0 Å². The Labute approximate surface area is 452 Å². The van der Waals surface area contributed by atoms with E-state index in [1.54, 1.807) is 0 Å². The highest BCUT2D eigenvalue weighted by Crippen LogP contribution is 2.41. The highest BCUT2D eigenvalue weighted by atomic mass is 15.0. The Kier molecular flexibility index (Phi) is 10.5. The first-order chi connectivity index (χ1) is 38.4. The van der Waals surface area contributed by atoms with Crippen LogP contribution in [-0.4, -0.2) is 23.7 Å². The molecule has 15 rings (SSSR count). The van der Waals surface area contributed by atoms with E-state index in [0.29, 0.717) is 0 Å². The van der Waals surface area contributed by atoms with Crippen molar-refractivity contribution in [1.82, 2.24) is 23.7 Å². The Hall–Kier alpha value is -10.1. The van der Waals surface area contributed by atoms with Crippen molar-refractivity contribution in [1.29, 1.82) is 0 Å². The first-order valence-corrected chi connectivity index (χ1v) is 26.8. The average Bonchev–Trinajstić information content (AvgIpc) is 4.34. The largest absolute Gasteiger partial charge is 0.309 e. The van der Waals surface area contributed by atoms with Gasteiger partial charge in [0.2, 0.25) is 0 Å². The molecule has 4 aromatic heterocycles. The normalized spacial score (nSPS) is 11.8. The van der Waals surface area contributed by atoms with E-state index in [2.05, 4.69) is 283 Å². The lowest BCUT2D eigenvalue weighted by molar-refractivity contribution is 1.16. The van der Waals surface area contributed by atoms with Crippen molar-refractivity contribution in [3.63, 3.8) is 0 Å². The number of hydrogen-bond acceptors (Lipinski definition) is 2. The second-order valence-corrected chi connectivity index (χ2v) is 20.9. The molecule has 78 heavy (non-hydrogen) atoms. The smallest absolute Gasteiger partial charge is 0.160 e. The molecule has 368 valence electrons. The minimum atomic E-state index is 0.720. The number of para-hydroxylation sites is 2. The van der Waals surface area contributed by atoms with E-state index in [-0.39, 0.29) is 0 Å². The third kappa shape index (κ3) is 7.54. The van der Waals surface area contributed by atoms with Crippen molar-refractivity contribution in [2.45, 2.75) is 20.8 Å². The van der Waals surface area contributed by atoms with Gasteiger partial charge in [-0.15, -0.1) is 0 Å². The topological polar surface area (TPSA) is 40.6 Å². The predicted octanol–water partition coefficient (Wildman–Crippen LogP) is 19.0. The molecular formula is C73H51N5. The number of fused-ring (bicyclic) bond motifs is 9. The van der Waals surface area contributed by atoms with Gasteiger partial charge in [0.25, 0.3) is 0 Å². The molecular weight excluding hydrogens is 947 g/mol. The molecule has 0 amide bonds. The molecule has 0 aliphatic rings. The van der Waals surface area contributed by atoms with Gasteiger partial charge in [-0.05, 0) is 140 Å². The van der Waals surface area contributed by atoms with Crippen LogP contribution in [0.4, 0.5) is 0 Å². The first-order valence-electron chi connectivity index (χ1n) is 26.8. The summed E-state index contributed by atoms with van der Waals surface area (Å²) in [6.45, 7) is 6.47. The van der Waals surface area contributed by atoms with E-state index >= 15 is 0 Å². The Bertz CT molecular complexity index is 4730. The summed E-state index contributed by atoms with van der Waals surface area (Å²) >= 11 is 0. The van der Waals surface area contributed by atoms with Crippen molar-refractivity contribution < 1.29 is 0 Å². The number of rotatable bonds is 8. The summed E-state index contributed by atoms with van der Waals surface area (Å²) in [5, 5.41) is 7.46. The number of aromatic nitrogens is 5. The van der Waals surface area contributed by atoms with Gasteiger partial charge in [-0.1, -0.05) is 174 Å². The predicted molar refractivity (Wildman–Crippen MR) is 326 cm³/mol. The summed E-state index contributed by atoms with van der Waals surface area (Å²) in [7, 11) is 0.